The van der Waals surface area contributed by atoms with Gasteiger partial charge < -0.3 is 15.0 Å². The number of ether oxygens (including phenoxy) is 1. The second-order valence-corrected chi connectivity index (χ2v) is 9.26. The van der Waals surface area contributed by atoms with Crippen LogP contribution in [0.25, 0.3) is 0 Å². The van der Waals surface area contributed by atoms with Crippen molar-refractivity contribution in [1.29, 1.82) is 0 Å². The van der Waals surface area contributed by atoms with Gasteiger partial charge in [-0.05, 0) is 54.2 Å². The average Bonchev–Trinajstić information content (AvgIpc) is 2.97. The Hall–Kier alpha value is -3.35. The van der Waals surface area contributed by atoms with Crippen LogP contribution in [0.3, 0.4) is 0 Å². The zero-order chi connectivity index (χ0) is 24.3. The Morgan fingerprint density at radius 1 is 1.12 bits per heavy atom. The van der Waals surface area contributed by atoms with Crippen LogP contribution in [-0.4, -0.2) is 61.3 Å². The number of thiocarbonyl (C=S) groups is 1. The lowest BCUT2D eigenvalue weighted by Gasteiger charge is -2.23. The molecule has 0 aromatic heterocycles. The Labute approximate surface area is 196 Å². The van der Waals surface area contributed by atoms with E-state index in [-0.39, 0.29) is 28.9 Å². The summed E-state index contributed by atoms with van der Waals surface area (Å²) >= 11 is 5.37. The molecular formula is C21H22N4O6S2. The standard InChI is InChI=1S/C21H22N4O6S2/c1-24-19(27)17(11-18(26)23-15-7-5-14(6-8-15)20(28)31-2)25(21(24)32)12-13-3-9-16(10-4-13)33(22,29)30/h3-10,17H,11-12H2,1-2H3,(H,23,26)(H2,22,29,30)/t17-/m1/s1. The van der Waals surface area contributed by atoms with Gasteiger partial charge in [0.15, 0.2) is 5.11 Å². The number of hydrogen-bond acceptors (Lipinski definition) is 7. The molecule has 2 amide bonds. The highest BCUT2D eigenvalue weighted by Gasteiger charge is 2.41. The molecule has 1 fully saturated rings. The molecule has 1 aliphatic heterocycles. The molecule has 3 N–H and O–H groups in total. The number of carbonyl (C=O) groups is 3. The van der Waals surface area contributed by atoms with Crippen LogP contribution in [-0.2, 0) is 30.9 Å². The first-order valence-electron chi connectivity index (χ1n) is 9.69. The normalized spacial score (nSPS) is 16.2. The number of nitrogens with one attached hydrogen (secondary N) is 1. The van der Waals surface area contributed by atoms with Crippen LogP contribution in [0.4, 0.5) is 5.69 Å². The van der Waals surface area contributed by atoms with Crippen molar-refractivity contribution in [2.75, 3.05) is 19.5 Å². The molecule has 174 valence electrons. The van der Waals surface area contributed by atoms with E-state index >= 15 is 0 Å². The molecule has 1 aliphatic rings. The maximum absolute atomic E-state index is 12.7. The first-order chi connectivity index (χ1) is 15.5. The number of amides is 2. The zero-order valence-electron chi connectivity index (χ0n) is 17.8. The average molecular weight is 491 g/mol. The molecule has 0 unspecified atom stereocenters. The fraction of sp³-hybridized carbons (Fsp3) is 0.238. The molecule has 33 heavy (non-hydrogen) atoms. The topological polar surface area (TPSA) is 139 Å². The first-order valence-corrected chi connectivity index (χ1v) is 11.6. The van der Waals surface area contributed by atoms with Crippen molar-refractivity contribution in [3.63, 3.8) is 0 Å². The van der Waals surface area contributed by atoms with Gasteiger partial charge in [-0.3, -0.25) is 14.5 Å². The van der Waals surface area contributed by atoms with Crippen molar-refractivity contribution in [3.05, 3.63) is 59.7 Å². The summed E-state index contributed by atoms with van der Waals surface area (Å²) in [5.74, 6) is -1.22. The molecule has 1 heterocycles. The van der Waals surface area contributed by atoms with E-state index in [0.717, 1.165) is 0 Å². The van der Waals surface area contributed by atoms with E-state index in [2.05, 4.69) is 10.1 Å². The van der Waals surface area contributed by atoms with Gasteiger partial charge in [0.05, 0.1) is 24.0 Å². The highest BCUT2D eigenvalue weighted by atomic mass is 32.2. The van der Waals surface area contributed by atoms with Gasteiger partial charge in [-0.15, -0.1) is 0 Å². The number of rotatable bonds is 7. The first kappa shape index (κ1) is 24.3. The van der Waals surface area contributed by atoms with Crippen LogP contribution < -0.4 is 10.5 Å². The van der Waals surface area contributed by atoms with Gasteiger partial charge in [0.2, 0.25) is 15.9 Å². The van der Waals surface area contributed by atoms with Gasteiger partial charge in [0.1, 0.15) is 6.04 Å². The van der Waals surface area contributed by atoms with E-state index in [0.29, 0.717) is 16.8 Å². The van der Waals surface area contributed by atoms with E-state index < -0.39 is 27.9 Å². The second-order valence-electron chi connectivity index (χ2n) is 7.33. The van der Waals surface area contributed by atoms with Crippen molar-refractivity contribution in [2.45, 2.75) is 23.9 Å². The number of hydrogen-bond donors (Lipinski definition) is 2. The van der Waals surface area contributed by atoms with Crippen molar-refractivity contribution < 1.29 is 27.5 Å². The number of anilines is 1. The number of esters is 1. The molecule has 1 atom stereocenters. The summed E-state index contributed by atoms with van der Waals surface area (Å²) in [6, 6.07) is 11.2. The molecule has 0 saturated carbocycles. The summed E-state index contributed by atoms with van der Waals surface area (Å²) in [5, 5.41) is 8.08. The molecule has 2 aromatic carbocycles. The van der Waals surface area contributed by atoms with Gasteiger partial charge in [-0.1, -0.05) is 12.1 Å². The smallest absolute Gasteiger partial charge is 0.337 e. The van der Waals surface area contributed by atoms with Gasteiger partial charge in [0.25, 0.3) is 5.91 Å². The molecule has 1 saturated heterocycles. The predicted molar refractivity (Wildman–Crippen MR) is 124 cm³/mol. The van der Waals surface area contributed by atoms with Crippen molar-refractivity contribution in [3.8, 4) is 0 Å². The number of sulfonamides is 1. The lowest BCUT2D eigenvalue weighted by atomic mass is 10.1. The van der Waals surface area contributed by atoms with Gasteiger partial charge >= 0.3 is 5.97 Å². The molecular weight excluding hydrogens is 468 g/mol. The molecule has 12 heteroatoms. The molecule has 0 bridgehead atoms. The summed E-state index contributed by atoms with van der Waals surface area (Å²) in [7, 11) is -1.01. The summed E-state index contributed by atoms with van der Waals surface area (Å²) in [6.07, 6.45) is -0.155. The Kier molecular flexibility index (Phi) is 7.10. The Morgan fingerprint density at radius 3 is 2.27 bits per heavy atom. The fourth-order valence-corrected chi connectivity index (χ4v) is 4.13. The van der Waals surface area contributed by atoms with Gasteiger partial charge in [-0.25, -0.2) is 18.4 Å². The number of methoxy groups -OCH3 is 1. The summed E-state index contributed by atoms with van der Waals surface area (Å²) in [5.41, 5.74) is 1.49. The van der Waals surface area contributed by atoms with Crippen LogP contribution >= 0.6 is 12.2 Å². The lowest BCUT2D eigenvalue weighted by Crippen LogP contribution is -2.37. The Bertz CT molecular complexity index is 1200. The zero-order valence-corrected chi connectivity index (χ0v) is 19.5. The number of primary sulfonamides is 1. The monoisotopic (exact) mass is 490 g/mol. The number of likely N-dealkylation sites (N-methyl/N-ethyl adjacent to an activating group) is 1. The molecule has 0 aliphatic carbocycles. The summed E-state index contributed by atoms with van der Waals surface area (Å²) in [6.45, 7) is 0.200. The fourth-order valence-electron chi connectivity index (χ4n) is 3.33. The molecule has 10 nitrogen and oxygen atoms in total. The van der Waals surface area contributed by atoms with E-state index in [1.54, 1.807) is 29.2 Å². The molecule has 0 spiro atoms. The maximum Gasteiger partial charge on any atom is 0.337 e. The van der Waals surface area contributed by atoms with Crippen molar-refractivity contribution >= 4 is 50.8 Å². The van der Waals surface area contributed by atoms with Crippen molar-refractivity contribution in [1.82, 2.24) is 9.80 Å². The van der Waals surface area contributed by atoms with Crippen LogP contribution in [0, 0.1) is 0 Å². The van der Waals surface area contributed by atoms with Crippen LogP contribution in [0.1, 0.15) is 22.3 Å². The third-order valence-corrected chi connectivity index (χ3v) is 6.54. The quantitative estimate of drug-likeness (QED) is 0.434. The maximum atomic E-state index is 12.7. The van der Waals surface area contributed by atoms with E-state index in [4.69, 9.17) is 17.4 Å². The third-order valence-electron chi connectivity index (χ3n) is 5.10. The lowest BCUT2D eigenvalue weighted by molar-refractivity contribution is -0.130. The highest BCUT2D eigenvalue weighted by molar-refractivity contribution is 7.89. The summed E-state index contributed by atoms with van der Waals surface area (Å²) in [4.78, 5) is 39.8. The molecule has 0 radical (unpaired) electrons. The van der Waals surface area contributed by atoms with E-state index in [9.17, 15) is 22.8 Å². The Balaban J connectivity index is 1.71. The van der Waals surface area contributed by atoms with E-state index in [1.807, 2.05) is 0 Å². The number of nitrogens with zero attached hydrogens (tertiary/aromatic N) is 2. The van der Waals surface area contributed by atoms with Gasteiger partial charge in [0, 0.05) is 19.3 Å². The van der Waals surface area contributed by atoms with Gasteiger partial charge in [-0.2, -0.15) is 0 Å². The minimum Gasteiger partial charge on any atom is -0.465 e. The highest BCUT2D eigenvalue weighted by Crippen LogP contribution is 2.23. The van der Waals surface area contributed by atoms with E-state index in [1.165, 1.54) is 43.3 Å². The molecule has 3 rings (SSSR count). The number of carbonyl (C=O) groups excluding carboxylic acids is 3. The van der Waals surface area contributed by atoms with Crippen molar-refractivity contribution in [2.24, 2.45) is 5.14 Å². The number of nitrogens with two attached hydrogens (primary N) is 1. The van der Waals surface area contributed by atoms with Crippen LogP contribution in [0.2, 0.25) is 0 Å². The largest absolute Gasteiger partial charge is 0.465 e. The predicted octanol–water partition coefficient (Wildman–Crippen LogP) is 1.08. The minimum absolute atomic E-state index is 0.0300. The number of benzene rings is 2. The Morgan fingerprint density at radius 2 is 1.73 bits per heavy atom. The SMILES string of the molecule is COC(=O)c1ccc(NC(=O)C[C@@H]2C(=O)N(C)C(=S)N2Cc2ccc(S(N)(=O)=O)cc2)cc1. The third kappa shape index (κ3) is 5.53. The molecule has 2 aromatic rings. The minimum atomic E-state index is -3.82. The van der Waals surface area contributed by atoms with Crippen LogP contribution in [0.15, 0.2) is 53.4 Å². The summed E-state index contributed by atoms with van der Waals surface area (Å²) < 4.78 is 27.5. The second kappa shape index (κ2) is 9.65. The van der Waals surface area contributed by atoms with Crippen LogP contribution in [0.5, 0.6) is 0 Å².